The van der Waals surface area contributed by atoms with Gasteiger partial charge in [0.1, 0.15) is 5.75 Å². The number of amides is 2. The van der Waals surface area contributed by atoms with Gasteiger partial charge in [-0.3, -0.25) is 0 Å². The van der Waals surface area contributed by atoms with Gasteiger partial charge in [-0.25, -0.2) is 14.8 Å². The average molecular weight is 355 g/mol. The van der Waals surface area contributed by atoms with E-state index in [0.29, 0.717) is 6.04 Å². The number of hydrogen-bond donors (Lipinski definition) is 1. The van der Waals surface area contributed by atoms with Gasteiger partial charge >= 0.3 is 6.03 Å². The fourth-order valence-electron chi connectivity index (χ4n) is 3.93. The average Bonchev–Trinajstić information content (AvgIpc) is 2.67. The van der Waals surface area contributed by atoms with E-state index in [2.05, 4.69) is 10.2 Å². The number of urea groups is 1. The zero-order chi connectivity index (χ0) is 18.1. The highest BCUT2D eigenvalue weighted by atomic mass is 16.5. The number of fused-ring (bicyclic) bond motifs is 1. The van der Waals surface area contributed by atoms with Crippen LogP contribution < -0.4 is 15.0 Å². The summed E-state index contributed by atoms with van der Waals surface area (Å²) in [5.41, 5.74) is 2.66. The Morgan fingerprint density at radius 3 is 2.69 bits per heavy atom. The third-order valence-electron chi connectivity index (χ3n) is 5.34. The molecule has 0 bridgehead atoms. The Kier molecular flexibility index (Phi) is 4.53. The third kappa shape index (κ3) is 3.13. The number of aromatic nitrogens is 2. The molecule has 2 aliphatic rings. The molecule has 2 saturated heterocycles. The van der Waals surface area contributed by atoms with Crippen molar-refractivity contribution in [3.05, 3.63) is 23.9 Å². The second kappa shape index (κ2) is 6.97. The van der Waals surface area contributed by atoms with E-state index in [1.54, 1.807) is 7.11 Å². The molecule has 2 aromatic rings. The molecule has 0 radical (unpaired) electrons. The fourth-order valence-corrected chi connectivity index (χ4v) is 3.93. The van der Waals surface area contributed by atoms with Crippen LogP contribution in [-0.4, -0.2) is 60.2 Å². The van der Waals surface area contributed by atoms with Crippen LogP contribution in [0.2, 0.25) is 0 Å². The molecule has 26 heavy (non-hydrogen) atoms. The molecule has 2 aliphatic heterocycles. The van der Waals surface area contributed by atoms with Crippen LogP contribution in [0.25, 0.3) is 11.0 Å². The summed E-state index contributed by atoms with van der Waals surface area (Å²) in [5, 5.41) is 2.95. The highest BCUT2D eigenvalue weighted by Crippen LogP contribution is 2.27. The van der Waals surface area contributed by atoms with Gasteiger partial charge in [-0.05, 0) is 38.3 Å². The molecule has 0 atom stereocenters. The molecule has 0 aliphatic carbocycles. The van der Waals surface area contributed by atoms with Crippen LogP contribution >= 0.6 is 0 Å². The number of ether oxygens (including phenoxy) is 1. The van der Waals surface area contributed by atoms with E-state index in [-0.39, 0.29) is 6.03 Å². The quantitative estimate of drug-likeness (QED) is 0.915. The highest BCUT2D eigenvalue weighted by Gasteiger charge is 2.30. The van der Waals surface area contributed by atoms with E-state index < -0.39 is 0 Å². The van der Waals surface area contributed by atoms with Crippen molar-refractivity contribution < 1.29 is 9.53 Å². The first-order chi connectivity index (χ1) is 12.7. The summed E-state index contributed by atoms with van der Waals surface area (Å²) in [6.07, 6.45) is 2.97. The van der Waals surface area contributed by atoms with Crippen molar-refractivity contribution in [2.75, 3.05) is 38.2 Å². The van der Waals surface area contributed by atoms with E-state index in [4.69, 9.17) is 14.7 Å². The zero-order valence-corrected chi connectivity index (χ0v) is 15.4. The van der Waals surface area contributed by atoms with E-state index >= 15 is 0 Å². The van der Waals surface area contributed by atoms with Crippen LogP contribution in [0.4, 0.5) is 10.6 Å². The van der Waals surface area contributed by atoms with Gasteiger partial charge in [0.25, 0.3) is 0 Å². The standard InChI is InChI=1S/C19H25N5O2/c1-13-18(22-16-5-4-15(26-2)12-17(16)21-13)23-10-6-14(7-11-23)24-9-3-8-20-19(24)25/h4-5,12,14H,3,6-11H2,1-2H3,(H,20,25). The van der Waals surface area contributed by atoms with Gasteiger partial charge < -0.3 is 19.9 Å². The van der Waals surface area contributed by atoms with Crippen LogP contribution in [0.15, 0.2) is 18.2 Å². The van der Waals surface area contributed by atoms with Crippen molar-refractivity contribution in [1.29, 1.82) is 0 Å². The number of piperidine rings is 1. The minimum absolute atomic E-state index is 0.0883. The second-order valence-corrected chi connectivity index (χ2v) is 6.98. The van der Waals surface area contributed by atoms with Crippen LogP contribution in [0, 0.1) is 6.92 Å². The molecule has 0 spiro atoms. The van der Waals surface area contributed by atoms with Crippen molar-refractivity contribution in [2.45, 2.75) is 32.2 Å². The number of carbonyl (C=O) groups excluding carboxylic acids is 1. The van der Waals surface area contributed by atoms with Gasteiger partial charge in [0.2, 0.25) is 0 Å². The fraction of sp³-hybridized carbons (Fsp3) is 0.526. The molecule has 4 rings (SSSR count). The highest BCUT2D eigenvalue weighted by molar-refractivity contribution is 5.78. The smallest absolute Gasteiger partial charge is 0.317 e. The minimum atomic E-state index is 0.0883. The minimum Gasteiger partial charge on any atom is -0.497 e. The number of methoxy groups -OCH3 is 1. The molecule has 2 amide bonds. The SMILES string of the molecule is COc1ccc2nc(N3CCC(N4CCCNC4=O)CC3)c(C)nc2c1. The number of benzene rings is 1. The van der Waals surface area contributed by atoms with Gasteiger partial charge in [0.15, 0.2) is 5.82 Å². The zero-order valence-electron chi connectivity index (χ0n) is 15.4. The Hall–Kier alpha value is -2.57. The van der Waals surface area contributed by atoms with Gasteiger partial charge in [-0.1, -0.05) is 0 Å². The number of aryl methyl sites for hydroxylation is 1. The molecule has 2 fully saturated rings. The van der Waals surface area contributed by atoms with Gasteiger partial charge in [-0.2, -0.15) is 0 Å². The third-order valence-corrected chi connectivity index (χ3v) is 5.34. The maximum absolute atomic E-state index is 12.1. The van der Waals surface area contributed by atoms with Crippen molar-refractivity contribution in [3.8, 4) is 5.75 Å². The van der Waals surface area contributed by atoms with Crippen molar-refractivity contribution in [3.63, 3.8) is 0 Å². The summed E-state index contributed by atoms with van der Waals surface area (Å²) >= 11 is 0. The largest absolute Gasteiger partial charge is 0.497 e. The number of nitrogens with zero attached hydrogens (tertiary/aromatic N) is 4. The van der Waals surface area contributed by atoms with E-state index in [1.807, 2.05) is 30.0 Å². The van der Waals surface area contributed by atoms with Gasteiger partial charge in [0.05, 0.1) is 23.8 Å². The van der Waals surface area contributed by atoms with Gasteiger partial charge in [0, 0.05) is 38.3 Å². The molecule has 3 heterocycles. The van der Waals surface area contributed by atoms with E-state index in [0.717, 1.165) is 73.7 Å². The van der Waals surface area contributed by atoms with E-state index in [9.17, 15) is 4.79 Å². The molecule has 7 heteroatoms. The summed E-state index contributed by atoms with van der Waals surface area (Å²) in [4.78, 5) is 25.9. The maximum atomic E-state index is 12.1. The van der Waals surface area contributed by atoms with Crippen LogP contribution in [0.3, 0.4) is 0 Å². The molecule has 1 aromatic heterocycles. The lowest BCUT2D eigenvalue weighted by Crippen LogP contribution is -2.54. The molecular formula is C19H25N5O2. The van der Waals surface area contributed by atoms with Crippen LogP contribution in [0.1, 0.15) is 25.0 Å². The number of anilines is 1. The summed E-state index contributed by atoms with van der Waals surface area (Å²) in [5.74, 6) is 1.74. The predicted octanol–water partition coefficient (Wildman–Crippen LogP) is 2.33. The second-order valence-electron chi connectivity index (χ2n) is 6.98. The molecule has 1 N–H and O–H groups in total. The Balaban J connectivity index is 1.50. The molecule has 0 unspecified atom stereocenters. The van der Waals surface area contributed by atoms with E-state index in [1.165, 1.54) is 0 Å². The van der Waals surface area contributed by atoms with Crippen LogP contribution in [-0.2, 0) is 0 Å². The number of rotatable bonds is 3. The Labute approximate surface area is 153 Å². The number of hydrogen-bond acceptors (Lipinski definition) is 5. The molecule has 138 valence electrons. The predicted molar refractivity (Wildman–Crippen MR) is 101 cm³/mol. The summed E-state index contributed by atoms with van der Waals surface area (Å²) in [7, 11) is 1.66. The molecule has 1 aromatic carbocycles. The van der Waals surface area contributed by atoms with Gasteiger partial charge in [-0.15, -0.1) is 0 Å². The normalized spacial score (nSPS) is 18.9. The topological polar surface area (TPSA) is 70.6 Å². The van der Waals surface area contributed by atoms with Crippen molar-refractivity contribution in [2.24, 2.45) is 0 Å². The summed E-state index contributed by atoms with van der Waals surface area (Å²) < 4.78 is 5.27. The molecule has 7 nitrogen and oxygen atoms in total. The lowest BCUT2D eigenvalue weighted by Gasteiger charge is -2.40. The first-order valence-corrected chi connectivity index (χ1v) is 9.27. The lowest BCUT2D eigenvalue weighted by molar-refractivity contribution is 0.149. The first kappa shape index (κ1) is 16.9. The van der Waals surface area contributed by atoms with Crippen molar-refractivity contribution >= 4 is 22.9 Å². The van der Waals surface area contributed by atoms with Crippen LogP contribution in [0.5, 0.6) is 5.75 Å². The van der Waals surface area contributed by atoms with Crippen molar-refractivity contribution in [1.82, 2.24) is 20.2 Å². The molecule has 0 saturated carbocycles. The number of carbonyl (C=O) groups is 1. The first-order valence-electron chi connectivity index (χ1n) is 9.27. The number of nitrogens with one attached hydrogen (secondary N) is 1. The lowest BCUT2D eigenvalue weighted by atomic mass is 10.0. The Morgan fingerprint density at radius 2 is 1.96 bits per heavy atom. The summed E-state index contributed by atoms with van der Waals surface area (Å²) in [6, 6.07) is 6.20. The Morgan fingerprint density at radius 1 is 1.15 bits per heavy atom. The maximum Gasteiger partial charge on any atom is 0.317 e. The molecular weight excluding hydrogens is 330 g/mol. The Bertz CT molecular complexity index is 817. The monoisotopic (exact) mass is 355 g/mol. The summed E-state index contributed by atoms with van der Waals surface area (Å²) in [6.45, 7) is 5.46.